The zero-order valence-electron chi connectivity index (χ0n) is 18.1. The Bertz CT molecular complexity index is 1260. The summed E-state index contributed by atoms with van der Waals surface area (Å²) in [5, 5.41) is 8.35. The zero-order valence-corrected chi connectivity index (χ0v) is 19.0. The number of nitrogens with zero attached hydrogens (tertiary/aromatic N) is 2. The molecule has 2 aromatic heterocycles. The van der Waals surface area contributed by atoms with Crippen molar-refractivity contribution in [1.29, 1.82) is 0 Å². The molecule has 0 saturated carbocycles. The van der Waals surface area contributed by atoms with E-state index in [0.717, 1.165) is 51.5 Å². The minimum atomic E-state index is -0.157. The fourth-order valence-electron chi connectivity index (χ4n) is 4.08. The van der Waals surface area contributed by atoms with Crippen LogP contribution < -0.4 is 15.5 Å². The van der Waals surface area contributed by atoms with E-state index in [4.69, 9.17) is 0 Å². The number of H-pyrrole nitrogens is 1. The van der Waals surface area contributed by atoms with E-state index in [1.165, 1.54) is 0 Å². The first-order valence-electron chi connectivity index (χ1n) is 11.1. The van der Waals surface area contributed by atoms with E-state index in [1.807, 2.05) is 48.5 Å². The average molecular weight is 460 g/mol. The normalized spacial score (nSPS) is 13.6. The average Bonchev–Trinajstić information content (AvgIpc) is 3.43. The van der Waals surface area contributed by atoms with Crippen LogP contribution in [0.5, 0.6) is 0 Å². The SMILES string of the molecule is O=C(CN1C(=O)CCCc2ccccc21)NCc1cc(CNc2nc3ccccc3[nH]2)cs1. The highest BCUT2D eigenvalue weighted by atomic mass is 32.1. The van der Waals surface area contributed by atoms with Crippen LogP contribution in [0.2, 0.25) is 0 Å². The standard InChI is InChI=1S/C25H25N5O2S/c31-23(15-30-22-10-4-1-6-18(22)7-5-11-24(30)32)26-14-19-12-17(16-33-19)13-27-25-28-20-8-2-3-9-21(20)29-25/h1-4,6,8-10,12,16H,5,7,11,13-15H2,(H,26,31)(H2,27,28,29). The molecule has 1 aliphatic rings. The number of aromatic amines is 1. The summed E-state index contributed by atoms with van der Waals surface area (Å²) in [5.41, 5.74) is 5.03. The predicted octanol–water partition coefficient (Wildman–Crippen LogP) is 4.22. The second-order valence-corrected chi connectivity index (χ2v) is 9.11. The highest BCUT2D eigenvalue weighted by molar-refractivity contribution is 7.10. The minimum Gasteiger partial charge on any atom is -0.352 e. The van der Waals surface area contributed by atoms with E-state index in [1.54, 1.807) is 16.2 Å². The molecule has 33 heavy (non-hydrogen) atoms. The summed E-state index contributed by atoms with van der Waals surface area (Å²) >= 11 is 1.60. The maximum atomic E-state index is 12.6. The van der Waals surface area contributed by atoms with Crippen LogP contribution in [0.3, 0.4) is 0 Å². The zero-order chi connectivity index (χ0) is 22.6. The third-order valence-electron chi connectivity index (χ3n) is 5.74. The third-order valence-corrected chi connectivity index (χ3v) is 6.72. The molecule has 0 unspecified atom stereocenters. The summed E-state index contributed by atoms with van der Waals surface area (Å²) in [6, 6.07) is 17.8. The second-order valence-electron chi connectivity index (χ2n) is 8.12. The molecule has 7 nitrogen and oxygen atoms in total. The van der Waals surface area contributed by atoms with Crippen molar-refractivity contribution in [1.82, 2.24) is 15.3 Å². The molecule has 0 saturated heterocycles. The topological polar surface area (TPSA) is 90.1 Å². The number of anilines is 2. The van der Waals surface area contributed by atoms with E-state index in [0.29, 0.717) is 19.5 Å². The number of fused-ring (bicyclic) bond motifs is 2. The molecule has 2 aromatic carbocycles. The molecular weight excluding hydrogens is 434 g/mol. The molecule has 0 radical (unpaired) electrons. The molecule has 0 atom stereocenters. The molecule has 0 fully saturated rings. The van der Waals surface area contributed by atoms with Crippen LogP contribution in [-0.2, 0) is 29.1 Å². The number of imidazole rings is 1. The molecule has 1 aliphatic heterocycles. The number of hydrogen-bond donors (Lipinski definition) is 3. The Hall–Kier alpha value is -3.65. The minimum absolute atomic E-state index is 0.00479. The van der Waals surface area contributed by atoms with Gasteiger partial charge in [-0.25, -0.2) is 4.98 Å². The molecule has 5 rings (SSSR count). The first kappa shape index (κ1) is 21.2. The lowest BCUT2D eigenvalue weighted by Crippen LogP contribution is -2.40. The Morgan fingerprint density at radius 2 is 1.94 bits per heavy atom. The molecule has 8 heteroatoms. The van der Waals surface area contributed by atoms with Gasteiger partial charge in [0.25, 0.3) is 0 Å². The molecule has 3 N–H and O–H groups in total. The Labute approximate surface area is 195 Å². The monoisotopic (exact) mass is 459 g/mol. The van der Waals surface area contributed by atoms with E-state index >= 15 is 0 Å². The Morgan fingerprint density at radius 3 is 2.85 bits per heavy atom. The van der Waals surface area contributed by atoms with Gasteiger partial charge in [0.2, 0.25) is 17.8 Å². The summed E-state index contributed by atoms with van der Waals surface area (Å²) in [6.45, 7) is 1.13. The van der Waals surface area contributed by atoms with Gasteiger partial charge in [-0.2, -0.15) is 0 Å². The van der Waals surface area contributed by atoms with Crippen LogP contribution in [0.15, 0.2) is 60.0 Å². The number of aromatic nitrogens is 2. The molecule has 4 aromatic rings. The number of benzene rings is 2. The molecule has 0 bridgehead atoms. The van der Waals surface area contributed by atoms with Crippen molar-refractivity contribution in [3.05, 3.63) is 76.0 Å². The van der Waals surface area contributed by atoms with Crippen LogP contribution in [-0.4, -0.2) is 28.3 Å². The van der Waals surface area contributed by atoms with Crippen molar-refractivity contribution in [3.63, 3.8) is 0 Å². The van der Waals surface area contributed by atoms with Crippen LogP contribution in [0.1, 0.15) is 28.8 Å². The van der Waals surface area contributed by atoms with Crippen molar-refractivity contribution in [2.75, 3.05) is 16.8 Å². The first-order chi connectivity index (χ1) is 16.2. The van der Waals surface area contributed by atoms with Gasteiger partial charge in [0.1, 0.15) is 6.54 Å². The Balaban J connectivity index is 1.15. The molecule has 3 heterocycles. The fourth-order valence-corrected chi connectivity index (χ4v) is 4.91. The quantitative estimate of drug-likeness (QED) is 0.386. The number of hydrogen-bond acceptors (Lipinski definition) is 5. The van der Waals surface area contributed by atoms with Gasteiger partial charge in [0, 0.05) is 23.5 Å². The number of carbonyl (C=O) groups excluding carboxylic acids is 2. The molecule has 0 spiro atoms. The number of para-hydroxylation sites is 3. The predicted molar refractivity (Wildman–Crippen MR) is 131 cm³/mol. The highest BCUT2D eigenvalue weighted by Gasteiger charge is 2.23. The van der Waals surface area contributed by atoms with Gasteiger partial charge < -0.3 is 20.5 Å². The van der Waals surface area contributed by atoms with Crippen LogP contribution in [0, 0.1) is 0 Å². The number of nitrogens with one attached hydrogen (secondary N) is 3. The van der Waals surface area contributed by atoms with Crippen LogP contribution in [0.4, 0.5) is 11.6 Å². The Kier molecular flexibility index (Phi) is 6.08. The van der Waals surface area contributed by atoms with Crippen molar-refractivity contribution in [2.45, 2.75) is 32.4 Å². The first-order valence-corrected chi connectivity index (χ1v) is 11.9. The lowest BCUT2D eigenvalue weighted by Gasteiger charge is -2.22. The molecular formula is C25H25N5O2S. The molecule has 0 aliphatic carbocycles. The Morgan fingerprint density at radius 1 is 1.09 bits per heavy atom. The fraction of sp³-hybridized carbons (Fsp3) is 0.240. The van der Waals surface area contributed by atoms with Gasteiger partial charge in [-0.05, 0) is 53.6 Å². The van der Waals surface area contributed by atoms with E-state index in [-0.39, 0.29) is 18.4 Å². The summed E-state index contributed by atoms with van der Waals surface area (Å²) in [6.07, 6.45) is 2.14. The summed E-state index contributed by atoms with van der Waals surface area (Å²) in [4.78, 5) is 35.7. The number of amides is 2. The summed E-state index contributed by atoms with van der Waals surface area (Å²) < 4.78 is 0. The van der Waals surface area contributed by atoms with E-state index < -0.39 is 0 Å². The molecule has 168 valence electrons. The lowest BCUT2D eigenvalue weighted by atomic mass is 10.1. The number of aryl methyl sites for hydroxylation is 1. The maximum Gasteiger partial charge on any atom is 0.240 e. The van der Waals surface area contributed by atoms with Gasteiger partial charge in [-0.15, -0.1) is 11.3 Å². The van der Waals surface area contributed by atoms with Gasteiger partial charge in [0.15, 0.2) is 0 Å². The largest absolute Gasteiger partial charge is 0.352 e. The smallest absolute Gasteiger partial charge is 0.240 e. The molecule has 2 amide bonds. The summed E-state index contributed by atoms with van der Waals surface area (Å²) in [5.74, 6) is 0.584. The maximum absolute atomic E-state index is 12.6. The number of carbonyl (C=O) groups is 2. The van der Waals surface area contributed by atoms with Gasteiger partial charge >= 0.3 is 0 Å². The lowest BCUT2D eigenvalue weighted by molar-refractivity contribution is -0.123. The van der Waals surface area contributed by atoms with Crippen LogP contribution in [0.25, 0.3) is 11.0 Å². The van der Waals surface area contributed by atoms with Crippen molar-refractivity contribution in [3.8, 4) is 0 Å². The third kappa shape index (κ3) is 4.90. The van der Waals surface area contributed by atoms with Gasteiger partial charge in [0.05, 0.1) is 17.6 Å². The van der Waals surface area contributed by atoms with Crippen molar-refractivity contribution < 1.29 is 9.59 Å². The highest BCUT2D eigenvalue weighted by Crippen LogP contribution is 2.26. The van der Waals surface area contributed by atoms with E-state index in [9.17, 15) is 9.59 Å². The number of thiophene rings is 1. The number of rotatable bonds is 7. The summed E-state index contributed by atoms with van der Waals surface area (Å²) in [7, 11) is 0. The van der Waals surface area contributed by atoms with Gasteiger partial charge in [-0.3, -0.25) is 9.59 Å². The van der Waals surface area contributed by atoms with Crippen molar-refractivity contribution >= 4 is 45.8 Å². The van der Waals surface area contributed by atoms with Crippen LogP contribution >= 0.6 is 11.3 Å². The second kappa shape index (κ2) is 9.46. The van der Waals surface area contributed by atoms with E-state index in [2.05, 4.69) is 32.0 Å². The van der Waals surface area contributed by atoms with Gasteiger partial charge in [-0.1, -0.05) is 30.3 Å². The van der Waals surface area contributed by atoms with Crippen molar-refractivity contribution in [2.24, 2.45) is 0 Å².